The van der Waals surface area contributed by atoms with Crippen LogP contribution in [0.4, 0.5) is 0 Å². The fourth-order valence-corrected chi connectivity index (χ4v) is 2.89. The third-order valence-electron chi connectivity index (χ3n) is 4.86. The number of carbonyl (C=O) groups is 2. The first-order chi connectivity index (χ1) is 13.0. The maximum absolute atomic E-state index is 11.9. The minimum atomic E-state index is -0.893. The molecule has 6 heteroatoms. The summed E-state index contributed by atoms with van der Waals surface area (Å²) in [7, 11) is 0. The van der Waals surface area contributed by atoms with Gasteiger partial charge in [0.1, 0.15) is 5.54 Å². The molecule has 0 atom stereocenters. The van der Waals surface area contributed by atoms with E-state index in [0.29, 0.717) is 12.8 Å². The number of hydroxylamine groups is 1. The molecule has 0 bridgehead atoms. The average Bonchev–Trinajstić information content (AvgIpc) is 3.44. The highest BCUT2D eigenvalue weighted by Crippen LogP contribution is 2.32. The highest BCUT2D eigenvalue weighted by atomic mass is 35.5. The quantitative estimate of drug-likeness (QED) is 0.524. The first kappa shape index (κ1) is 21.9. The van der Waals surface area contributed by atoms with Gasteiger partial charge >= 0.3 is 5.97 Å². The molecule has 1 amide bonds. The maximum Gasteiger partial charge on any atom is 0.351 e. The number of hydrogen-bond donors (Lipinski definition) is 2. The lowest BCUT2D eigenvalue weighted by Gasteiger charge is -2.09. The minimum absolute atomic E-state index is 0. The van der Waals surface area contributed by atoms with E-state index in [-0.39, 0.29) is 24.7 Å². The molecule has 1 aliphatic rings. The Morgan fingerprint density at radius 1 is 0.893 bits per heavy atom. The molecule has 0 radical (unpaired) electrons. The molecule has 3 N–H and O–H groups in total. The van der Waals surface area contributed by atoms with E-state index >= 15 is 0 Å². The maximum atomic E-state index is 11.9. The topological polar surface area (TPSA) is 81.4 Å². The van der Waals surface area contributed by atoms with Gasteiger partial charge < -0.3 is 10.6 Å². The number of aryl methyl sites for hydroxylation is 2. The second-order valence-corrected chi connectivity index (χ2v) is 7.26. The molecule has 2 aromatic carbocycles. The molecule has 28 heavy (non-hydrogen) atoms. The molecule has 2 aromatic rings. The number of nitrogens with two attached hydrogens (primary N) is 1. The first-order valence-electron chi connectivity index (χ1n) is 9.46. The summed E-state index contributed by atoms with van der Waals surface area (Å²) in [6, 6.07) is 18.5. The molecular formula is C22H27ClN2O3. The monoisotopic (exact) mass is 402 g/mol. The van der Waals surface area contributed by atoms with Crippen LogP contribution in [0.5, 0.6) is 0 Å². The Kier molecular flexibility index (Phi) is 8.03. The second kappa shape index (κ2) is 10.2. The Bertz CT molecular complexity index is 774. The van der Waals surface area contributed by atoms with Crippen LogP contribution in [0.25, 0.3) is 0 Å². The van der Waals surface area contributed by atoms with Crippen molar-refractivity contribution in [1.82, 2.24) is 5.48 Å². The van der Waals surface area contributed by atoms with E-state index in [4.69, 9.17) is 10.6 Å². The Hall–Kier alpha value is -2.37. The zero-order valence-corrected chi connectivity index (χ0v) is 16.7. The standard InChI is InChI=1S/C22H26N2O3.ClH/c23-22(14-15-22)21(26)27-24-20(25)16-19-12-10-18(11-13-19)9-5-4-8-17-6-2-1-3-7-17;/h1-3,6-7,10-13H,4-5,8-9,14-16,23H2,(H,24,25);1H. The van der Waals surface area contributed by atoms with E-state index in [1.165, 1.54) is 11.1 Å². The number of amides is 1. The SMILES string of the molecule is Cl.NC1(C(=O)ONC(=O)Cc2ccc(CCCCc3ccccc3)cc2)CC1. The van der Waals surface area contributed by atoms with E-state index in [9.17, 15) is 9.59 Å². The zero-order chi connectivity index (χ0) is 19.1. The van der Waals surface area contributed by atoms with Gasteiger partial charge in [0, 0.05) is 0 Å². The van der Waals surface area contributed by atoms with E-state index in [0.717, 1.165) is 31.2 Å². The van der Waals surface area contributed by atoms with Gasteiger partial charge in [-0.3, -0.25) is 4.79 Å². The molecule has 0 spiro atoms. The molecule has 5 nitrogen and oxygen atoms in total. The molecule has 1 saturated carbocycles. The Morgan fingerprint density at radius 3 is 2.00 bits per heavy atom. The fourth-order valence-electron chi connectivity index (χ4n) is 2.89. The van der Waals surface area contributed by atoms with Crippen LogP contribution in [0.1, 0.15) is 42.4 Å². The van der Waals surface area contributed by atoms with Crippen molar-refractivity contribution >= 4 is 24.3 Å². The largest absolute Gasteiger partial charge is 0.351 e. The summed E-state index contributed by atoms with van der Waals surface area (Å²) >= 11 is 0. The van der Waals surface area contributed by atoms with Crippen LogP contribution < -0.4 is 11.2 Å². The molecule has 1 fully saturated rings. The summed E-state index contributed by atoms with van der Waals surface area (Å²) in [5, 5.41) is 0. The van der Waals surface area contributed by atoms with Gasteiger partial charge in [0.15, 0.2) is 0 Å². The number of halogens is 1. The summed E-state index contributed by atoms with van der Waals surface area (Å²) in [4.78, 5) is 28.2. The number of carbonyl (C=O) groups excluding carboxylic acids is 2. The van der Waals surface area contributed by atoms with Crippen LogP contribution in [0.15, 0.2) is 54.6 Å². The summed E-state index contributed by atoms with van der Waals surface area (Å²) < 4.78 is 0. The van der Waals surface area contributed by atoms with E-state index in [1.54, 1.807) is 0 Å². The van der Waals surface area contributed by atoms with Crippen molar-refractivity contribution in [2.75, 3.05) is 0 Å². The smallest absolute Gasteiger partial charge is 0.339 e. The Balaban J connectivity index is 0.00000280. The predicted octanol–water partition coefficient (Wildman–Crippen LogP) is 3.28. The van der Waals surface area contributed by atoms with Crippen LogP contribution in [0.3, 0.4) is 0 Å². The van der Waals surface area contributed by atoms with Gasteiger partial charge in [0.25, 0.3) is 5.91 Å². The summed E-state index contributed by atoms with van der Waals surface area (Å²) in [6.07, 6.45) is 5.78. The molecular weight excluding hydrogens is 376 g/mol. The van der Waals surface area contributed by atoms with E-state index < -0.39 is 11.5 Å². The Morgan fingerprint density at radius 2 is 1.43 bits per heavy atom. The number of hydrogen-bond acceptors (Lipinski definition) is 4. The van der Waals surface area contributed by atoms with Crippen molar-refractivity contribution in [2.45, 2.75) is 50.5 Å². The molecule has 0 heterocycles. The van der Waals surface area contributed by atoms with E-state index in [2.05, 4.69) is 41.9 Å². The van der Waals surface area contributed by atoms with Crippen LogP contribution >= 0.6 is 12.4 Å². The van der Waals surface area contributed by atoms with Gasteiger partial charge in [-0.05, 0) is 55.2 Å². The van der Waals surface area contributed by atoms with Gasteiger partial charge in [-0.2, -0.15) is 5.48 Å². The van der Waals surface area contributed by atoms with Gasteiger partial charge in [-0.1, -0.05) is 54.6 Å². The number of nitrogens with one attached hydrogen (secondary N) is 1. The summed E-state index contributed by atoms with van der Waals surface area (Å²) in [5.41, 5.74) is 10.5. The Labute approximate surface area is 172 Å². The predicted molar refractivity (Wildman–Crippen MR) is 111 cm³/mol. The van der Waals surface area contributed by atoms with Crippen LogP contribution in [0, 0.1) is 0 Å². The third-order valence-corrected chi connectivity index (χ3v) is 4.86. The molecule has 0 aliphatic heterocycles. The fraction of sp³-hybridized carbons (Fsp3) is 0.364. The lowest BCUT2D eigenvalue weighted by Crippen LogP contribution is -2.40. The highest BCUT2D eigenvalue weighted by molar-refractivity contribution is 5.86. The molecule has 0 aromatic heterocycles. The van der Waals surface area contributed by atoms with Gasteiger partial charge in [0.2, 0.25) is 0 Å². The van der Waals surface area contributed by atoms with Gasteiger partial charge in [-0.25, -0.2) is 4.79 Å². The van der Waals surface area contributed by atoms with Crippen LogP contribution in [0.2, 0.25) is 0 Å². The summed E-state index contributed by atoms with van der Waals surface area (Å²) in [6.45, 7) is 0. The van der Waals surface area contributed by atoms with Crippen molar-refractivity contribution < 1.29 is 14.4 Å². The number of unbranched alkanes of at least 4 members (excludes halogenated alkanes) is 1. The number of rotatable bonds is 8. The highest BCUT2D eigenvalue weighted by Gasteiger charge is 2.48. The molecule has 150 valence electrons. The van der Waals surface area contributed by atoms with Crippen molar-refractivity contribution in [1.29, 1.82) is 0 Å². The lowest BCUT2D eigenvalue weighted by atomic mass is 10.0. The first-order valence-corrected chi connectivity index (χ1v) is 9.46. The second-order valence-electron chi connectivity index (χ2n) is 7.26. The van der Waals surface area contributed by atoms with Crippen molar-refractivity contribution in [3.05, 3.63) is 71.3 Å². The van der Waals surface area contributed by atoms with Crippen molar-refractivity contribution in [3.8, 4) is 0 Å². The molecule has 1 aliphatic carbocycles. The van der Waals surface area contributed by atoms with Gasteiger partial charge in [-0.15, -0.1) is 12.4 Å². The van der Waals surface area contributed by atoms with Crippen molar-refractivity contribution in [2.24, 2.45) is 5.73 Å². The van der Waals surface area contributed by atoms with E-state index in [1.807, 2.05) is 18.2 Å². The average molecular weight is 403 g/mol. The van der Waals surface area contributed by atoms with Gasteiger partial charge in [0.05, 0.1) is 6.42 Å². The zero-order valence-electron chi connectivity index (χ0n) is 15.9. The normalized spacial score (nSPS) is 13.9. The molecule has 0 saturated heterocycles. The van der Waals surface area contributed by atoms with Crippen molar-refractivity contribution in [3.63, 3.8) is 0 Å². The van der Waals surface area contributed by atoms with Crippen LogP contribution in [-0.4, -0.2) is 17.4 Å². The van der Waals surface area contributed by atoms with Crippen LogP contribution in [-0.2, 0) is 33.7 Å². The molecule has 3 rings (SSSR count). The summed E-state index contributed by atoms with van der Waals surface area (Å²) in [5.74, 6) is -0.926. The lowest BCUT2D eigenvalue weighted by molar-refractivity contribution is -0.160. The number of benzene rings is 2. The minimum Gasteiger partial charge on any atom is -0.339 e. The molecule has 0 unspecified atom stereocenters. The third kappa shape index (κ3) is 6.66.